The molecule has 3 heterocycles. The third kappa shape index (κ3) is 3.61. The van der Waals surface area contributed by atoms with Crippen molar-refractivity contribution in [3.8, 4) is 0 Å². The predicted octanol–water partition coefficient (Wildman–Crippen LogP) is 5.77. The molecule has 0 saturated heterocycles. The van der Waals surface area contributed by atoms with Gasteiger partial charge in [0.1, 0.15) is 17.5 Å². The molecule has 0 saturated carbocycles. The summed E-state index contributed by atoms with van der Waals surface area (Å²) in [7, 11) is 0. The van der Waals surface area contributed by atoms with Gasteiger partial charge in [-0.15, -0.1) is 0 Å². The van der Waals surface area contributed by atoms with Crippen molar-refractivity contribution in [3.05, 3.63) is 59.1 Å². The topological polar surface area (TPSA) is 50.2 Å². The van der Waals surface area contributed by atoms with Crippen molar-refractivity contribution in [2.24, 2.45) is 4.99 Å². The first-order valence-electron chi connectivity index (χ1n) is 10.9. The van der Waals surface area contributed by atoms with E-state index in [9.17, 15) is 0 Å². The Bertz CT molecular complexity index is 951. The van der Waals surface area contributed by atoms with E-state index in [0.717, 1.165) is 25.2 Å². The van der Waals surface area contributed by atoms with Gasteiger partial charge in [-0.25, -0.2) is 9.97 Å². The molecule has 0 fully saturated rings. The third-order valence-electron chi connectivity index (χ3n) is 6.23. The van der Waals surface area contributed by atoms with Crippen molar-refractivity contribution in [3.63, 3.8) is 0 Å². The summed E-state index contributed by atoms with van der Waals surface area (Å²) in [5.74, 6) is 1.34. The number of rotatable bonds is 7. The number of thioether (sulfide) groups is 1. The van der Waals surface area contributed by atoms with Gasteiger partial charge in [0.25, 0.3) is 0 Å². The molecular weight excluding hydrogens is 376 g/mol. The number of aliphatic imine (C=N–C) groups is 1. The second-order valence-corrected chi connectivity index (χ2v) is 9.25. The zero-order valence-corrected chi connectivity index (χ0v) is 17.8. The first-order valence-corrected chi connectivity index (χ1v) is 11.8. The standard InChI is InChI=1S/C24H28N4S/c1-2-3-12-19-17-10-7-11-18(17)20-21-22(29-24(20)28-19)23(27-15-26-21)25-14-13-16-8-5-4-6-9-16/h4-6,8-9,15,20,24H,2-3,7,10-14H2,1H3,(H,25,26,27)/t20-,24+/m0/s1. The van der Waals surface area contributed by atoms with Gasteiger partial charge in [0, 0.05) is 12.3 Å². The lowest BCUT2D eigenvalue weighted by Gasteiger charge is -2.26. The second-order valence-electron chi connectivity index (χ2n) is 8.12. The molecule has 1 N–H and O–H groups in total. The molecule has 150 valence electrons. The summed E-state index contributed by atoms with van der Waals surface area (Å²) < 4.78 is 0. The monoisotopic (exact) mass is 404 g/mol. The number of fused-ring (bicyclic) bond motifs is 4. The molecule has 2 aromatic rings. The van der Waals surface area contributed by atoms with Gasteiger partial charge in [0.15, 0.2) is 0 Å². The molecular formula is C24H28N4S. The maximum absolute atomic E-state index is 5.23. The van der Waals surface area contributed by atoms with Crippen LogP contribution in [-0.2, 0) is 6.42 Å². The Labute approximate surface area is 177 Å². The minimum atomic E-state index is 0.250. The van der Waals surface area contributed by atoms with E-state index in [4.69, 9.17) is 9.98 Å². The van der Waals surface area contributed by atoms with Crippen LogP contribution in [0.3, 0.4) is 0 Å². The Hall–Kier alpha value is -2.14. The van der Waals surface area contributed by atoms with Crippen LogP contribution in [0.4, 0.5) is 5.82 Å². The van der Waals surface area contributed by atoms with Crippen LogP contribution in [0.25, 0.3) is 0 Å². The Morgan fingerprint density at radius 2 is 2.00 bits per heavy atom. The van der Waals surface area contributed by atoms with Gasteiger partial charge < -0.3 is 5.32 Å². The number of hydrogen-bond donors (Lipinski definition) is 1. The molecule has 1 aromatic heterocycles. The number of allylic oxidation sites excluding steroid dienone is 1. The molecule has 5 rings (SSSR count). The highest BCUT2D eigenvalue weighted by Gasteiger charge is 2.43. The second kappa shape index (κ2) is 8.31. The smallest absolute Gasteiger partial charge is 0.143 e. The van der Waals surface area contributed by atoms with Gasteiger partial charge in [-0.2, -0.15) is 0 Å². The van der Waals surface area contributed by atoms with E-state index < -0.39 is 0 Å². The van der Waals surface area contributed by atoms with Gasteiger partial charge in [0.2, 0.25) is 0 Å². The van der Waals surface area contributed by atoms with Crippen molar-refractivity contribution in [2.75, 3.05) is 11.9 Å². The number of anilines is 1. The normalized spacial score (nSPS) is 22.2. The molecule has 2 aliphatic heterocycles. The lowest BCUT2D eigenvalue weighted by molar-refractivity contribution is 0.694. The number of benzene rings is 1. The van der Waals surface area contributed by atoms with E-state index in [1.165, 1.54) is 54.0 Å². The molecule has 0 spiro atoms. The largest absolute Gasteiger partial charge is 0.369 e. The fourth-order valence-electron chi connectivity index (χ4n) is 4.81. The van der Waals surface area contributed by atoms with Crippen molar-refractivity contribution in [1.82, 2.24) is 9.97 Å². The molecule has 3 aliphatic rings. The van der Waals surface area contributed by atoms with Gasteiger partial charge in [-0.3, -0.25) is 4.99 Å². The minimum absolute atomic E-state index is 0.250. The van der Waals surface area contributed by atoms with Crippen LogP contribution in [0.15, 0.2) is 57.7 Å². The number of dihydropyridines is 1. The van der Waals surface area contributed by atoms with E-state index in [1.807, 2.05) is 11.8 Å². The summed E-state index contributed by atoms with van der Waals surface area (Å²) in [6.45, 7) is 3.14. The van der Waals surface area contributed by atoms with Gasteiger partial charge in [0.05, 0.1) is 16.5 Å². The molecule has 0 radical (unpaired) electrons. The van der Waals surface area contributed by atoms with E-state index >= 15 is 0 Å². The van der Waals surface area contributed by atoms with Crippen molar-refractivity contribution >= 4 is 23.3 Å². The van der Waals surface area contributed by atoms with E-state index in [1.54, 1.807) is 17.5 Å². The lowest BCUT2D eigenvalue weighted by Crippen LogP contribution is -2.21. The zero-order valence-electron chi connectivity index (χ0n) is 17.0. The number of aromatic nitrogens is 2. The van der Waals surface area contributed by atoms with Crippen molar-refractivity contribution in [1.29, 1.82) is 0 Å². The molecule has 29 heavy (non-hydrogen) atoms. The van der Waals surface area contributed by atoms with Crippen LogP contribution < -0.4 is 5.32 Å². The average Bonchev–Trinajstić information content (AvgIpc) is 3.37. The van der Waals surface area contributed by atoms with Gasteiger partial charge in [-0.1, -0.05) is 61.0 Å². The maximum Gasteiger partial charge on any atom is 0.143 e. The molecule has 1 aromatic carbocycles. The van der Waals surface area contributed by atoms with Crippen LogP contribution in [0.2, 0.25) is 0 Å². The summed E-state index contributed by atoms with van der Waals surface area (Å²) >= 11 is 1.87. The summed E-state index contributed by atoms with van der Waals surface area (Å²) in [5, 5.41) is 3.82. The number of unbranched alkanes of at least 4 members (excludes halogenated alkanes) is 1. The highest BCUT2D eigenvalue weighted by atomic mass is 32.2. The minimum Gasteiger partial charge on any atom is -0.369 e. The number of hydrogen-bond acceptors (Lipinski definition) is 5. The van der Waals surface area contributed by atoms with Gasteiger partial charge >= 0.3 is 0 Å². The SMILES string of the molecule is CCCCC1=N[C@@H]2Sc3c(NCCc4ccccc4)ncnc3[C@@H]2C2=C1CCC2. The molecule has 0 amide bonds. The summed E-state index contributed by atoms with van der Waals surface area (Å²) in [6.07, 6.45) is 10.00. The summed E-state index contributed by atoms with van der Waals surface area (Å²) in [5.41, 5.74) is 7.11. The Balaban J connectivity index is 1.38. The number of nitrogens with zero attached hydrogens (tertiary/aromatic N) is 3. The van der Waals surface area contributed by atoms with Crippen LogP contribution in [0.1, 0.15) is 62.6 Å². The third-order valence-corrected chi connectivity index (χ3v) is 7.49. The van der Waals surface area contributed by atoms with Gasteiger partial charge in [-0.05, 0) is 49.7 Å². The molecule has 2 atom stereocenters. The Morgan fingerprint density at radius 1 is 1.10 bits per heavy atom. The quantitative estimate of drug-likeness (QED) is 0.636. The van der Waals surface area contributed by atoms with Crippen LogP contribution >= 0.6 is 11.8 Å². The fourth-order valence-corrected chi connectivity index (χ4v) is 6.20. The highest BCUT2D eigenvalue weighted by Crippen LogP contribution is 2.55. The fraction of sp³-hybridized carbons (Fsp3) is 0.458. The van der Waals surface area contributed by atoms with Crippen LogP contribution in [0.5, 0.6) is 0 Å². The Kier molecular flexibility index (Phi) is 5.40. The zero-order chi connectivity index (χ0) is 19.6. The van der Waals surface area contributed by atoms with Crippen molar-refractivity contribution < 1.29 is 0 Å². The number of nitrogens with one attached hydrogen (secondary N) is 1. The molecule has 1 aliphatic carbocycles. The maximum atomic E-state index is 5.23. The van der Waals surface area contributed by atoms with E-state index in [-0.39, 0.29) is 5.37 Å². The molecule has 0 unspecified atom stereocenters. The van der Waals surface area contributed by atoms with Crippen molar-refractivity contribution in [2.45, 2.75) is 68.1 Å². The van der Waals surface area contributed by atoms with Crippen LogP contribution in [0, 0.1) is 0 Å². The Morgan fingerprint density at radius 3 is 2.86 bits per heavy atom. The van der Waals surface area contributed by atoms with E-state index in [2.05, 4.69) is 47.6 Å². The summed E-state index contributed by atoms with van der Waals surface area (Å²) in [6, 6.07) is 10.6. The highest BCUT2D eigenvalue weighted by molar-refractivity contribution is 8.00. The first-order chi connectivity index (χ1) is 14.3. The predicted molar refractivity (Wildman–Crippen MR) is 121 cm³/mol. The summed E-state index contributed by atoms with van der Waals surface area (Å²) in [4.78, 5) is 15.8. The molecule has 0 bridgehead atoms. The lowest BCUT2D eigenvalue weighted by atomic mass is 9.87. The van der Waals surface area contributed by atoms with Crippen LogP contribution in [-0.4, -0.2) is 27.6 Å². The van der Waals surface area contributed by atoms with E-state index in [0.29, 0.717) is 5.92 Å². The first kappa shape index (κ1) is 18.9. The molecule has 5 heteroatoms. The average molecular weight is 405 g/mol. The molecule has 4 nitrogen and oxygen atoms in total.